The summed E-state index contributed by atoms with van der Waals surface area (Å²) in [6, 6.07) is 20.7. The van der Waals surface area contributed by atoms with Gasteiger partial charge in [0.15, 0.2) is 5.11 Å². The van der Waals surface area contributed by atoms with Crippen LogP contribution in [0.2, 0.25) is 5.02 Å². The van der Waals surface area contributed by atoms with Crippen molar-refractivity contribution in [2.24, 2.45) is 0 Å². The molecule has 1 aliphatic rings. The van der Waals surface area contributed by atoms with Crippen LogP contribution in [-0.2, 0) is 0 Å². The molecule has 1 saturated heterocycles. The zero-order valence-electron chi connectivity index (χ0n) is 18.2. The summed E-state index contributed by atoms with van der Waals surface area (Å²) in [6.07, 6.45) is 3.74. The molecule has 0 radical (unpaired) electrons. The molecule has 0 spiro atoms. The van der Waals surface area contributed by atoms with Crippen molar-refractivity contribution in [1.29, 1.82) is 0 Å². The minimum Gasteiger partial charge on any atom is -0.351 e. The van der Waals surface area contributed by atoms with Gasteiger partial charge in [-0.3, -0.25) is 4.98 Å². The number of aromatic nitrogens is 2. The van der Waals surface area contributed by atoms with Crippen LogP contribution >= 0.6 is 23.8 Å². The maximum absolute atomic E-state index is 13.9. The summed E-state index contributed by atoms with van der Waals surface area (Å²) in [6.45, 7) is 4.16. The fourth-order valence-electron chi connectivity index (χ4n) is 4.53. The van der Waals surface area contributed by atoms with Crippen molar-refractivity contribution in [2.45, 2.75) is 25.9 Å². The van der Waals surface area contributed by atoms with Crippen molar-refractivity contribution in [1.82, 2.24) is 14.9 Å². The maximum Gasteiger partial charge on any atom is 0.174 e. The van der Waals surface area contributed by atoms with E-state index in [9.17, 15) is 4.39 Å². The summed E-state index contributed by atoms with van der Waals surface area (Å²) in [5, 5.41) is 4.20. The van der Waals surface area contributed by atoms with E-state index in [4.69, 9.17) is 23.8 Å². The van der Waals surface area contributed by atoms with Crippen LogP contribution in [0.4, 0.5) is 10.1 Å². The third-order valence-electron chi connectivity index (χ3n) is 5.85. The Labute approximate surface area is 202 Å². The molecule has 0 aliphatic carbocycles. The van der Waals surface area contributed by atoms with Crippen molar-refractivity contribution in [3.05, 3.63) is 112 Å². The number of hydrogen-bond acceptors (Lipinski definition) is 2. The molecule has 33 heavy (non-hydrogen) atoms. The molecule has 3 heterocycles. The average Bonchev–Trinajstić information content (AvgIpc) is 3.40. The number of nitrogens with one attached hydrogen (secondary N) is 1. The fourth-order valence-corrected chi connectivity index (χ4v) is 5.05. The van der Waals surface area contributed by atoms with Crippen molar-refractivity contribution in [2.75, 3.05) is 4.90 Å². The van der Waals surface area contributed by atoms with E-state index in [0.29, 0.717) is 5.11 Å². The first kappa shape index (κ1) is 21.6. The molecule has 0 saturated carbocycles. The van der Waals surface area contributed by atoms with Crippen LogP contribution in [-0.4, -0.2) is 14.7 Å². The molecule has 0 unspecified atom stereocenters. The maximum atomic E-state index is 13.9. The third kappa shape index (κ3) is 4.01. The van der Waals surface area contributed by atoms with Crippen LogP contribution < -0.4 is 10.2 Å². The zero-order chi connectivity index (χ0) is 23.1. The zero-order valence-corrected chi connectivity index (χ0v) is 19.7. The first-order chi connectivity index (χ1) is 15.9. The normalized spacial score (nSPS) is 17.9. The van der Waals surface area contributed by atoms with Gasteiger partial charge >= 0.3 is 0 Å². The fraction of sp³-hybridized carbons (Fsp3) is 0.154. The Kier molecular flexibility index (Phi) is 5.64. The Morgan fingerprint density at radius 1 is 0.970 bits per heavy atom. The molecule has 0 amide bonds. The van der Waals surface area contributed by atoms with Crippen LogP contribution in [0, 0.1) is 19.7 Å². The quantitative estimate of drug-likeness (QED) is 0.343. The molecule has 4 nitrogen and oxygen atoms in total. The smallest absolute Gasteiger partial charge is 0.174 e. The number of pyridine rings is 1. The van der Waals surface area contributed by atoms with Crippen LogP contribution in [0.1, 0.15) is 34.6 Å². The highest BCUT2D eigenvalue weighted by atomic mass is 35.5. The molecule has 5 rings (SSSR count). The number of rotatable bonds is 4. The highest BCUT2D eigenvalue weighted by molar-refractivity contribution is 7.80. The summed E-state index contributed by atoms with van der Waals surface area (Å²) in [5.74, 6) is -0.443. The van der Waals surface area contributed by atoms with Gasteiger partial charge in [0, 0.05) is 29.5 Å². The Hall–Kier alpha value is -3.22. The van der Waals surface area contributed by atoms with E-state index in [-0.39, 0.29) is 17.1 Å². The Morgan fingerprint density at radius 3 is 2.45 bits per heavy atom. The van der Waals surface area contributed by atoms with Gasteiger partial charge in [-0.05, 0) is 91.8 Å². The van der Waals surface area contributed by atoms with E-state index < -0.39 is 5.82 Å². The van der Waals surface area contributed by atoms with Gasteiger partial charge in [0.25, 0.3) is 0 Å². The molecule has 2 aromatic heterocycles. The van der Waals surface area contributed by atoms with Crippen molar-refractivity contribution < 1.29 is 4.39 Å². The van der Waals surface area contributed by atoms with Gasteiger partial charge in [-0.15, -0.1) is 0 Å². The lowest BCUT2D eigenvalue weighted by Crippen LogP contribution is -2.30. The summed E-state index contributed by atoms with van der Waals surface area (Å²) >= 11 is 12.0. The van der Waals surface area contributed by atoms with Gasteiger partial charge in [-0.2, -0.15) is 0 Å². The first-order valence-corrected chi connectivity index (χ1v) is 11.4. The monoisotopic (exact) mass is 476 g/mol. The molecule has 7 heteroatoms. The largest absolute Gasteiger partial charge is 0.351 e. The van der Waals surface area contributed by atoms with E-state index in [1.165, 1.54) is 6.07 Å². The van der Waals surface area contributed by atoms with Gasteiger partial charge in [0.2, 0.25) is 0 Å². The topological polar surface area (TPSA) is 33.1 Å². The van der Waals surface area contributed by atoms with Gasteiger partial charge in [-0.25, -0.2) is 4.39 Å². The highest BCUT2D eigenvalue weighted by Crippen LogP contribution is 2.42. The predicted molar refractivity (Wildman–Crippen MR) is 135 cm³/mol. The van der Waals surface area contributed by atoms with Crippen LogP contribution in [0.25, 0.3) is 5.69 Å². The number of anilines is 1. The number of halogens is 2. The van der Waals surface area contributed by atoms with Crippen molar-refractivity contribution >= 4 is 34.6 Å². The lowest BCUT2D eigenvalue weighted by Gasteiger charge is -2.29. The van der Waals surface area contributed by atoms with Gasteiger partial charge < -0.3 is 14.8 Å². The van der Waals surface area contributed by atoms with Crippen LogP contribution in [0.5, 0.6) is 0 Å². The second-order valence-electron chi connectivity index (χ2n) is 8.24. The summed E-state index contributed by atoms with van der Waals surface area (Å²) in [7, 11) is 0. The second kappa shape index (κ2) is 8.61. The number of aryl methyl sites for hydroxylation is 2. The number of nitrogens with zero attached hydrogens (tertiary/aromatic N) is 3. The van der Waals surface area contributed by atoms with E-state index in [2.05, 4.69) is 53.3 Å². The molecular formula is C26H22ClFN4S. The highest BCUT2D eigenvalue weighted by Gasteiger charge is 2.42. The Balaban J connectivity index is 1.69. The van der Waals surface area contributed by atoms with Gasteiger partial charge in [-0.1, -0.05) is 23.7 Å². The molecule has 0 bridgehead atoms. The number of benzene rings is 2. The van der Waals surface area contributed by atoms with Crippen LogP contribution in [0.15, 0.2) is 79.1 Å². The van der Waals surface area contributed by atoms with Crippen LogP contribution in [0.3, 0.4) is 0 Å². The third-order valence-corrected chi connectivity index (χ3v) is 6.45. The predicted octanol–water partition coefficient (Wildman–Crippen LogP) is 6.46. The molecular weight excluding hydrogens is 455 g/mol. The molecule has 4 aromatic rings. The van der Waals surface area contributed by atoms with Crippen molar-refractivity contribution in [3.63, 3.8) is 0 Å². The average molecular weight is 477 g/mol. The first-order valence-electron chi connectivity index (χ1n) is 10.6. The standard InChI is InChI=1S/C26H22ClFN4S/c1-16-12-17(2)14-19(13-16)32-25(24(30-26(32)33)22-6-3-4-10-29-22)23-7-5-11-31(23)18-8-9-21(28)20(27)15-18/h3-15,24-25H,1-2H3,(H,30,33)/t24-,25+/m1/s1. The summed E-state index contributed by atoms with van der Waals surface area (Å²) in [5.41, 5.74) is 5.99. The SMILES string of the molecule is Cc1cc(C)cc(N2C(=S)N[C@H](c3ccccn3)[C@@H]2c2cccn2-c2ccc(F)c(Cl)c2)c1. The molecule has 1 fully saturated rings. The van der Waals surface area contributed by atoms with E-state index in [1.54, 1.807) is 18.3 Å². The molecule has 1 aliphatic heterocycles. The lowest BCUT2D eigenvalue weighted by molar-refractivity contribution is 0.549. The molecule has 1 N–H and O–H groups in total. The summed E-state index contributed by atoms with van der Waals surface area (Å²) in [4.78, 5) is 6.76. The molecule has 2 aromatic carbocycles. The molecule has 2 atom stereocenters. The molecule has 166 valence electrons. The number of thiocarbonyl (C=S) groups is 1. The van der Waals surface area contributed by atoms with Gasteiger partial charge in [0.05, 0.1) is 16.8 Å². The van der Waals surface area contributed by atoms with Crippen molar-refractivity contribution in [3.8, 4) is 5.69 Å². The van der Waals surface area contributed by atoms with E-state index in [1.807, 2.05) is 35.0 Å². The second-order valence-corrected chi connectivity index (χ2v) is 9.04. The van der Waals surface area contributed by atoms with E-state index in [0.717, 1.165) is 33.9 Å². The van der Waals surface area contributed by atoms with Gasteiger partial charge in [0.1, 0.15) is 11.9 Å². The lowest BCUT2D eigenvalue weighted by atomic mass is 10.00. The minimum atomic E-state index is -0.443. The number of hydrogen-bond donors (Lipinski definition) is 1. The Morgan fingerprint density at radius 2 is 1.76 bits per heavy atom. The minimum absolute atomic E-state index is 0.0830. The summed E-state index contributed by atoms with van der Waals surface area (Å²) < 4.78 is 15.9. The van der Waals surface area contributed by atoms with E-state index >= 15 is 0 Å². The Bertz CT molecular complexity index is 1320.